The van der Waals surface area contributed by atoms with Crippen molar-refractivity contribution in [3.05, 3.63) is 65.6 Å². The average Bonchev–Trinajstić information content (AvgIpc) is 3.06. The van der Waals surface area contributed by atoms with E-state index in [1.54, 1.807) is 0 Å². The minimum atomic E-state index is 0.0892. The maximum absolute atomic E-state index is 12.8. The van der Waals surface area contributed by atoms with Crippen molar-refractivity contribution in [2.24, 2.45) is 0 Å². The summed E-state index contributed by atoms with van der Waals surface area (Å²) in [6.07, 6.45) is 1.83. The third-order valence-corrected chi connectivity index (χ3v) is 4.78. The number of aromatic nitrogens is 2. The molecule has 0 bridgehead atoms. The van der Waals surface area contributed by atoms with Gasteiger partial charge in [0.25, 0.3) is 5.91 Å². The Labute approximate surface area is 147 Å². The van der Waals surface area contributed by atoms with Crippen LogP contribution >= 0.6 is 0 Å². The van der Waals surface area contributed by atoms with Gasteiger partial charge in [-0.25, -0.2) is 0 Å². The standard InChI is InChI=1S/C20H22N4O/c1-15-5-6-16-13-19(22-18(16)12-15)20(25)24-10-8-23(9-11-24)14-17-4-2-3-7-21-17/h2-7,12-13,22H,8-11,14H2,1H3. The van der Waals surface area contributed by atoms with Crippen LogP contribution in [0.2, 0.25) is 0 Å². The third-order valence-electron chi connectivity index (χ3n) is 4.78. The van der Waals surface area contributed by atoms with E-state index < -0.39 is 0 Å². The number of H-pyrrole nitrogens is 1. The van der Waals surface area contributed by atoms with E-state index in [9.17, 15) is 4.79 Å². The molecule has 5 nitrogen and oxygen atoms in total. The Morgan fingerprint density at radius 1 is 1.12 bits per heavy atom. The van der Waals surface area contributed by atoms with E-state index in [4.69, 9.17) is 0 Å². The maximum atomic E-state index is 12.8. The highest BCUT2D eigenvalue weighted by Crippen LogP contribution is 2.18. The van der Waals surface area contributed by atoms with Crippen LogP contribution in [0.25, 0.3) is 10.9 Å². The number of hydrogen-bond donors (Lipinski definition) is 1. The summed E-state index contributed by atoms with van der Waals surface area (Å²) in [5.41, 5.74) is 3.97. The summed E-state index contributed by atoms with van der Waals surface area (Å²) in [5, 5.41) is 1.09. The molecule has 3 aromatic rings. The van der Waals surface area contributed by atoms with Crippen LogP contribution in [0.3, 0.4) is 0 Å². The van der Waals surface area contributed by atoms with Gasteiger partial charge in [0.1, 0.15) is 5.69 Å². The summed E-state index contributed by atoms with van der Waals surface area (Å²) >= 11 is 0. The van der Waals surface area contributed by atoms with Crippen molar-refractivity contribution in [2.75, 3.05) is 26.2 Å². The molecule has 5 heteroatoms. The molecule has 1 aliphatic rings. The Balaban J connectivity index is 1.40. The lowest BCUT2D eigenvalue weighted by Crippen LogP contribution is -2.48. The van der Waals surface area contributed by atoms with Crippen LogP contribution in [-0.4, -0.2) is 51.9 Å². The second-order valence-electron chi connectivity index (χ2n) is 6.66. The molecule has 1 fully saturated rings. The minimum Gasteiger partial charge on any atom is -0.351 e. The van der Waals surface area contributed by atoms with Crippen LogP contribution in [0.5, 0.6) is 0 Å². The number of hydrogen-bond acceptors (Lipinski definition) is 3. The number of pyridine rings is 1. The molecule has 4 rings (SSSR count). The van der Waals surface area contributed by atoms with E-state index in [-0.39, 0.29) is 5.91 Å². The molecule has 2 aromatic heterocycles. The lowest BCUT2D eigenvalue weighted by atomic mass is 10.2. The van der Waals surface area contributed by atoms with Crippen LogP contribution < -0.4 is 0 Å². The summed E-state index contributed by atoms with van der Waals surface area (Å²) in [6, 6.07) is 14.2. The van der Waals surface area contributed by atoms with E-state index in [0.717, 1.165) is 49.3 Å². The lowest BCUT2D eigenvalue weighted by molar-refractivity contribution is 0.0622. The quantitative estimate of drug-likeness (QED) is 0.801. The second-order valence-corrected chi connectivity index (χ2v) is 6.66. The van der Waals surface area contributed by atoms with E-state index in [1.807, 2.05) is 35.4 Å². The first-order chi connectivity index (χ1) is 12.2. The number of carbonyl (C=O) groups is 1. The highest BCUT2D eigenvalue weighted by atomic mass is 16.2. The molecule has 128 valence electrons. The number of fused-ring (bicyclic) bond motifs is 1. The zero-order valence-electron chi connectivity index (χ0n) is 14.4. The number of benzene rings is 1. The van der Waals surface area contributed by atoms with Gasteiger partial charge in [0.2, 0.25) is 0 Å². The number of amides is 1. The van der Waals surface area contributed by atoms with Gasteiger partial charge in [-0.3, -0.25) is 14.7 Å². The molecule has 1 N–H and O–H groups in total. The highest BCUT2D eigenvalue weighted by molar-refractivity contribution is 5.98. The Hall–Kier alpha value is -2.66. The molecule has 25 heavy (non-hydrogen) atoms. The number of nitrogens with zero attached hydrogens (tertiary/aromatic N) is 3. The van der Waals surface area contributed by atoms with E-state index in [1.165, 1.54) is 5.56 Å². The number of aryl methyl sites for hydroxylation is 1. The Kier molecular flexibility index (Phi) is 4.24. The zero-order valence-corrected chi connectivity index (χ0v) is 14.4. The zero-order chi connectivity index (χ0) is 17.2. The van der Waals surface area contributed by atoms with Crippen LogP contribution in [0.4, 0.5) is 0 Å². The molecule has 1 aliphatic heterocycles. The van der Waals surface area contributed by atoms with Gasteiger partial charge in [-0.15, -0.1) is 0 Å². The number of piperazine rings is 1. The van der Waals surface area contributed by atoms with Gasteiger partial charge in [-0.2, -0.15) is 0 Å². The summed E-state index contributed by atoms with van der Waals surface area (Å²) in [7, 11) is 0. The average molecular weight is 334 g/mol. The summed E-state index contributed by atoms with van der Waals surface area (Å²) in [5.74, 6) is 0.0892. The minimum absolute atomic E-state index is 0.0892. The summed E-state index contributed by atoms with van der Waals surface area (Å²) in [4.78, 5) is 24.7. The van der Waals surface area contributed by atoms with Gasteiger partial charge in [0, 0.05) is 49.8 Å². The monoisotopic (exact) mass is 334 g/mol. The predicted molar refractivity (Wildman–Crippen MR) is 98.5 cm³/mol. The van der Waals surface area contributed by atoms with Gasteiger partial charge < -0.3 is 9.88 Å². The molecule has 0 aliphatic carbocycles. The SMILES string of the molecule is Cc1ccc2cc(C(=O)N3CCN(Cc4ccccn4)CC3)[nH]c2c1. The first-order valence-corrected chi connectivity index (χ1v) is 8.70. The van der Waals surface area contributed by atoms with Gasteiger partial charge in [-0.05, 0) is 36.8 Å². The Bertz CT molecular complexity index is 879. The molecule has 3 heterocycles. The molecule has 1 saturated heterocycles. The Morgan fingerprint density at radius 2 is 1.96 bits per heavy atom. The van der Waals surface area contributed by atoms with Gasteiger partial charge in [0.15, 0.2) is 0 Å². The fourth-order valence-corrected chi connectivity index (χ4v) is 3.36. The van der Waals surface area contributed by atoms with Crippen LogP contribution in [-0.2, 0) is 6.54 Å². The lowest BCUT2D eigenvalue weighted by Gasteiger charge is -2.34. The summed E-state index contributed by atoms with van der Waals surface area (Å²) in [6.45, 7) is 6.15. The van der Waals surface area contributed by atoms with Crippen LogP contribution in [0, 0.1) is 6.92 Å². The number of carbonyl (C=O) groups excluding carboxylic acids is 1. The number of aromatic amines is 1. The van der Waals surface area contributed by atoms with Gasteiger partial charge >= 0.3 is 0 Å². The van der Waals surface area contributed by atoms with Crippen molar-refractivity contribution in [3.8, 4) is 0 Å². The van der Waals surface area contributed by atoms with Crippen molar-refractivity contribution < 1.29 is 4.79 Å². The predicted octanol–water partition coefficient (Wildman–Crippen LogP) is 2.83. The molecule has 0 radical (unpaired) electrons. The smallest absolute Gasteiger partial charge is 0.270 e. The molecule has 1 aromatic carbocycles. The largest absolute Gasteiger partial charge is 0.351 e. The number of nitrogens with one attached hydrogen (secondary N) is 1. The van der Waals surface area contributed by atoms with Crippen molar-refractivity contribution >= 4 is 16.8 Å². The molecular weight excluding hydrogens is 312 g/mol. The second kappa shape index (κ2) is 6.69. The van der Waals surface area contributed by atoms with Crippen molar-refractivity contribution in [2.45, 2.75) is 13.5 Å². The van der Waals surface area contributed by atoms with E-state index in [0.29, 0.717) is 5.69 Å². The highest BCUT2D eigenvalue weighted by Gasteiger charge is 2.23. The molecule has 1 amide bonds. The molecule has 0 atom stereocenters. The first kappa shape index (κ1) is 15.8. The third kappa shape index (κ3) is 3.42. The Morgan fingerprint density at radius 3 is 2.72 bits per heavy atom. The van der Waals surface area contributed by atoms with E-state index in [2.05, 4.69) is 40.0 Å². The van der Waals surface area contributed by atoms with Crippen LogP contribution in [0.15, 0.2) is 48.7 Å². The first-order valence-electron chi connectivity index (χ1n) is 8.70. The normalized spacial score (nSPS) is 15.6. The van der Waals surface area contributed by atoms with Crippen molar-refractivity contribution in [1.82, 2.24) is 19.8 Å². The van der Waals surface area contributed by atoms with Crippen molar-refractivity contribution in [3.63, 3.8) is 0 Å². The number of rotatable bonds is 3. The molecule has 0 saturated carbocycles. The van der Waals surface area contributed by atoms with Gasteiger partial charge in [0.05, 0.1) is 5.69 Å². The van der Waals surface area contributed by atoms with E-state index >= 15 is 0 Å². The molecular formula is C20H22N4O. The molecule has 0 unspecified atom stereocenters. The topological polar surface area (TPSA) is 52.2 Å². The van der Waals surface area contributed by atoms with Crippen LogP contribution in [0.1, 0.15) is 21.7 Å². The van der Waals surface area contributed by atoms with Crippen molar-refractivity contribution in [1.29, 1.82) is 0 Å². The fraction of sp³-hybridized carbons (Fsp3) is 0.300. The fourth-order valence-electron chi connectivity index (χ4n) is 3.36. The maximum Gasteiger partial charge on any atom is 0.270 e. The van der Waals surface area contributed by atoms with Gasteiger partial charge in [-0.1, -0.05) is 18.2 Å². The summed E-state index contributed by atoms with van der Waals surface area (Å²) < 4.78 is 0. The molecule has 0 spiro atoms.